The number of carbonyl (C=O) groups excluding carboxylic acids is 2. The van der Waals surface area contributed by atoms with Gasteiger partial charge in [0.25, 0.3) is 0 Å². The van der Waals surface area contributed by atoms with Gasteiger partial charge in [-0.15, -0.1) is 0 Å². The average Bonchev–Trinajstić information content (AvgIpc) is 3.16. The Hall–Kier alpha value is -3.73. The molecule has 6 aliphatic rings. The topological polar surface area (TPSA) is 49.7 Å². The van der Waals surface area contributed by atoms with Gasteiger partial charge in [-0.05, 0) is 46.5 Å². The van der Waals surface area contributed by atoms with E-state index >= 15 is 0 Å². The molecule has 10 rings (SSSR count). The predicted molar refractivity (Wildman–Crippen MR) is 146 cm³/mol. The van der Waals surface area contributed by atoms with Crippen LogP contribution in [0.5, 0.6) is 0 Å². The zero-order valence-electron chi connectivity index (χ0n) is 19.5. The van der Waals surface area contributed by atoms with Crippen molar-refractivity contribution in [1.29, 1.82) is 0 Å². The SMILES string of the molecule is O=C1[C@@H]2[C@H]3c4ccc(cc4)[C@@](C=Nc4ccccc4Cl)(c4ccccc43)[C@H]2C(=O)N1c1ccccc1Cl. The number of halogens is 2. The van der Waals surface area contributed by atoms with Crippen molar-refractivity contribution in [3.63, 3.8) is 0 Å². The lowest BCUT2D eigenvalue weighted by Crippen LogP contribution is -2.51. The van der Waals surface area contributed by atoms with Crippen LogP contribution in [0.1, 0.15) is 28.2 Å². The fourth-order valence-electron chi connectivity index (χ4n) is 6.52. The molecule has 4 atom stereocenters. The Labute approximate surface area is 224 Å². The van der Waals surface area contributed by atoms with E-state index in [1.165, 1.54) is 4.90 Å². The lowest BCUT2D eigenvalue weighted by atomic mass is 9.52. The van der Waals surface area contributed by atoms with E-state index in [1.54, 1.807) is 30.3 Å². The Kier molecular flexibility index (Phi) is 4.94. The molecule has 0 saturated carbocycles. The van der Waals surface area contributed by atoms with Crippen LogP contribution in [-0.2, 0) is 15.0 Å². The highest BCUT2D eigenvalue weighted by Crippen LogP contribution is 2.60. The number of rotatable bonds is 3. The van der Waals surface area contributed by atoms with E-state index in [2.05, 4.69) is 36.4 Å². The van der Waals surface area contributed by atoms with Gasteiger partial charge < -0.3 is 0 Å². The molecule has 2 amide bonds. The van der Waals surface area contributed by atoms with Crippen LogP contribution < -0.4 is 4.90 Å². The molecule has 4 aromatic carbocycles. The molecular weight excluding hydrogens is 503 g/mol. The molecule has 180 valence electrons. The fraction of sp³-hybridized carbons (Fsp3) is 0.129. The summed E-state index contributed by atoms with van der Waals surface area (Å²) < 4.78 is 0. The lowest BCUT2D eigenvalue weighted by molar-refractivity contribution is -0.122. The Morgan fingerprint density at radius 2 is 1.43 bits per heavy atom. The van der Waals surface area contributed by atoms with Gasteiger partial charge in [0.05, 0.1) is 38.7 Å². The molecule has 37 heavy (non-hydrogen) atoms. The van der Waals surface area contributed by atoms with Crippen LogP contribution in [-0.4, -0.2) is 18.0 Å². The standard InChI is InChI=1S/C31H20Cl2N2O2/c32-22-9-3-5-11-24(22)34-17-31-19-15-13-18(14-16-19)26(20-7-1-2-8-21(20)31)27-28(31)30(37)35(29(27)36)25-12-6-4-10-23(25)33/h1-17,26-28H/t26-,27+,28+,31-/m0/s1. The number of anilines is 1. The maximum atomic E-state index is 14.4. The van der Waals surface area contributed by atoms with Crippen molar-refractivity contribution in [2.45, 2.75) is 11.3 Å². The van der Waals surface area contributed by atoms with Crippen LogP contribution >= 0.6 is 23.2 Å². The van der Waals surface area contributed by atoms with Crippen molar-refractivity contribution < 1.29 is 9.59 Å². The highest BCUT2D eigenvalue weighted by atomic mass is 35.5. The summed E-state index contributed by atoms with van der Waals surface area (Å²) in [6, 6.07) is 30.7. The molecule has 5 aliphatic carbocycles. The molecule has 0 spiro atoms. The van der Waals surface area contributed by atoms with Gasteiger partial charge in [0.1, 0.15) is 0 Å². The molecule has 1 saturated heterocycles. The van der Waals surface area contributed by atoms with E-state index in [0.717, 1.165) is 22.3 Å². The molecule has 4 nitrogen and oxygen atoms in total. The fourth-order valence-corrected chi connectivity index (χ4v) is 6.93. The van der Waals surface area contributed by atoms with Crippen molar-refractivity contribution in [2.24, 2.45) is 16.8 Å². The molecule has 0 aromatic heterocycles. The summed E-state index contributed by atoms with van der Waals surface area (Å²) in [7, 11) is 0. The van der Waals surface area contributed by atoms with Gasteiger partial charge in [-0.2, -0.15) is 0 Å². The number of imide groups is 1. The zero-order valence-corrected chi connectivity index (χ0v) is 21.0. The predicted octanol–water partition coefficient (Wildman–Crippen LogP) is 6.95. The number of benzene rings is 4. The van der Waals surface area contributed by atoms with E-state index in [-0.39, 0.29) is 17.7 Å². The first kappa shape index (κ1) is 22.5. The van der Waals surface area contributed by atoms with Crippen molar-refractivity contribution in [3.05, 3.63) is 129 Å². The van der Waals surface area contributed by atoms with Crippen molar-refractivity contribution in [1.82, 2.24) is 0 Å². The number of para-hydroxylation sites is 2. The maximum absolute atomic E-state index is 14.4. The number of hydrogen-bond donors (Lipinski definition) is 0. The Balaban J connectivity index is 1.54. The largest absolute Gasteiger partial charge is 0.274 e. The first-order chi connectivity index (χ1) is 18.0. The minimum Gasteiger partial charge on any atom is -0.274 e. The van der Waals surface area contributed by atoms with Gasteiger partial charge in [0.15, 0.2) is 0 Å². The second-order valence-corrected chi connectivity index (χ2v) is 10.5. The van der Waals surface area contributed by atoms with E-state index < -0.39 is 17.3 Å². The van der Waals surface area contributed by atoms with Crippen molar-refractivity contribution >= 4 is 52.6 Å². The van der Waals surface area contributed by atoms with Crippen LogP contribution in [0.4, 0.5) is 11.4 Å². The third kappa shape index (κ3) is 3.00. The molecule has 0 N–H and O–H groups in total. The summed E-state index contributed by atoms with van der Waals surface area (Å²) in [4.78, 5) is 34.8. The van der Waals surface area contributed by atoms with E-state index in [0.29, 0.717) is 21.4 Å². The molecule has 6 heteroatoms. The van der Waals surface area contributed by atoms with Gasteiger partial charge in [-0.1, -0.05) is 96.0 Å². The van der Waals surface area contributed by atoms with E-state index in [9.17, 15) is 9.59 Å². The molecular formula is C31H20Cl2N2O2. The van der Waals surface area contributed by atoms with E-state index in [1.807, 2.05) is 36.5 Å². The van der Waals surface area contributed by atoms with E-state index in [4.69, 9.17) is 28.2 Å². The number of nitrogens with zero attached hydrogens (tertiary/aromatic N) is 2. The number of hydrogen-bond acceptors (Lipinski definition) is 3. The molecule has 1 aliphatic heterocycles. The Bertz CT molecular complexity index is 1630. The zero-order chi connectivity index (χ0) is 25.3. The summed E-state index contributed by atoms with van der Waals surface area (Å²) in [6.45, 7) is 0. The number of carbonyl (C=O) groups is 2. The van der Waals surface area contributed by atoms with Crippen LogP contribution in [0, 0.1) is 11.8 Å². The summed E-state index contributed by atoms with van der Waals surface area (Å²) in [6.07, 6.45) is 1.84. The van der Waals surface area contributed by atoms with Crippen LogP contribution in [0.15, 0.2) is 102 Å². The Morgan fingerprint density at radius 1 is 0.757 bits per heavy atom. The minimum atomic E-state index is -0.974. The van der Waals surface area contributed by atoms with Gasteiger partial charge in [0, 0.05) is 12.1 Å². The summed E-state index contributed by atoms with van der Waals surface area (Å²) in [5.41, 5.74) is 4.00. The molecule has 4 bridgehead atoms. The Morgan fingerprint density at radius 3 is 2.19 bits per heavy atom. The first-order valence-corrected chi connectivity index (χ1v) is 12.9. The summed E-state index contributed by atoms with van der Waals surface area (Å²) in [5, 5.41) is 0.878. The molecule has 1 fully saturated rings. The highest BCUT2D eigenvalue weighted by molar-refractivity contribution is 6.36. The first-order valence-electron chi connectivity index (χ1n) is 12.1. The summed E-state index contributed by atoms with van der Waals surface area (Å²) >= 11 is 13.0. The quantitative estimate of drug-likeness (QED) is 0.216. The number of aliphatic imine (C=N–C) groups is 1. The molecule has 1 heterocycles. The molecule has 0 unspecified atom stereocenters. The molecule has 4 aromatic rings. The van der Waals surface area contributed by atoms with Crippen molar-refractivity contribution in [3.8, 4) is 0 Å². The second kappa shape index (κ2) is 8.14. The smallest absolute Gasteiger partial charge is 0.239 e. The van der Waals surface area contributed by atoms with Gasteiger partial charge in [-0.3, -0.25) is 14.6 Å². The second-order valence-electron chi connectivity index (χ2n) is 9.73. The van der Waals surface area contributed by atoms with Gasteiger partial charge >= 0.3 is 0 Å². The third-order valence-corrected chi connectivity index (χ3v) is 8.68. The lowest BCUT2D eigenvalue weighted by Gasteiger charge is -2.48. The maximum Gasteiger partial charge on any atom is 0.239 e. The monoisotopic (exact) mass is 522 g/mol. The minimum absolute atomic E-state index is 0.236. The normalized spacial score (nSPS) is 25.4. The summed E-state index contributed by atoms with van der Waals surface area (Å²) in [5.74, 6) is -2.06. The third-order valence-electron chi connectivity index (χ3n) is 8.04. The van der Waals surface area contributed by atoms with Crippen LogP contribution in [0.25, 0.3) is 0 Å². The van der Waals surface area contributed by atoms with Gasteiger partial charge in [-0.25, -0.2) is 4.90 Å². The number of amides is 2. The highest BCUT2D eigenvalue weighted by Gasteiger charge is 2.65. The average molecular weight is 523 g/mol. The van der Waals surface area contributed by atoms with Crippen LogP contribution in [0.2, 0.25) is 10.0 Å². The van der Waals surface area contributed by atoms with Crippen molar-refractivity contribution in [2.75, 3.05) is 4.90 Å². The van der Waals surface area contributed by atoms with Gasteiger partial charge in [0.2, 0.25) is 11.8 Å². The van der Waals surface area contributed by atoms with Crippen LogP contribution in [0.3, 0.4) is 0 Å². The molecule has 0 radical (unpaired) electrons.